The van der Waals surface area contributed by atoms with E-state index in [9.17, 15) is 4.79 Å². The van der Waals surface area contributed by atoms with E-state index in [-0.39, 0.29) is 6.09 Å². The van der Waals surface area contributed by atoms with Crippen LogP contribution in [0.1, 0.15) is 39.5 Å². The molecule has 0 bridgehead atoms. The quantitative estimate of drug-likeness (QED) is 0.716. The second-order valence-corrected chi connectivity index (χ2v) is 6.80. The van der Waals surface area contributed by atoms with E-state index in [0.717, 1.165) is 19.4 Å². The highest BCUT2D eigenvalue weighted by molar-refractivity contribution is 5.70. The molecule has 0 spiro atoms. The molecule has 3 rings (SSSR count). The highest BCUT2D eigenvalue weighted by atomic mass is 16.6. The van der Waals surface area contributed by atoms with Crippen molar-refractivity contribution in [2.24, 2.45) is 5.41 Å². The fourth-order valence-electron chi connectivity index (χ4n) is 3.50. The van der Waals surface area contributed by atoms with Crippen molar-refractivity contribution in [1.82, 2.24) is 9.80 Å². The van der Waals surface area contributed by atoms with Gasteiger partial charge in [-0.1, -0.05) is 13.8 Å². The molecular weight excluding hydrogens is 228 g/mol. The molecule has 0 saturated carbocycles. The van der Waals surface area contributed by atoms with Gasteiger partial charge in [-0.05, 0) is 44.2 Å². The Morgan fingerprint density at radius 2 is 1.89 bits per heavy atom. The molecule has 2 unspecified atom stereocenters. The number of piperidine rings is 2. The average Bonchev–Trinajstić information content (AvgIpc) is 2.71. The zero-order chi connectivity index (χ0) is 12.8. The fourth-order valence-corrected chi connectivity index (χ4v) is 3.50. The lowest BCUT2D eigenvalue weighted by atomic mass is 9.81. The van der Waals surface area contributed by atoms with E-state index >= 15 is 0 Å². The number of hydrogen-bond donors (Lipinski definition) is 0. The van der Waals surface area contributed by atoms with Crippen LogP contribution in [0.5, 0.6) is 0 Å². The predicted octanol–water partition coefficient (Wildman–Crippen LogP) is 2.09. The van der Waals surface area contributed by atoms with E-state index in [2.05, 4.69) is 18.7 Å². The number of carbonyl (C=O) groups excluding carboxylic acids is 1. The lowest BCUT2D eigenvalue weighted by molar-refractivity contribution is 0.0531. The summed E-state index contributed by atoms with van der Waals surface area (Å²) in [5.74, 6) is 0. The molecule has 0 aromatic carbocycles. The molecule has 2 atom stereocenters. The Morgan fingerprint density at radius 1 is 1.17 bits per heavy atom. The molecule has 1 amide bonds. The summed E-state index contributed by atoms with van der Waals surface area (Å²) in [6.07, 6.45) is 4.72. The predicted molar refractivity (Wildman–Crippen MR) is 69.5 cm³/mol. The molecule has 3 aliphatic heterocycles. The van der Waals surface area contributed by atoms with Crippen LogP contribution < -0.4 is 0 Å². The highest BCUT2D eigenvalue weighted by Gasteiger charge is 2.40. The Hall–Kier alpha value is -0.770. The number of ether oxygens (including phenoxy) is 1. The molecule has 0 aliphatic carbocycles. The number of hydrogen-bond acceptors (Lipinski definition) is 3. The molecular formula is C14H24N2O2. The van der Waals surface area contributed by atoms with Gasteiger partial charge in [0.1, 0.15) is 6.61 Å². The first-order valence-electron chi connectivity index (χ1n) is 7.23. The standard InChI is InChI=1S/C14H24N2O2/c1-14(2)4-7-15(8-5-14)11-3-6-16-12(9-11)10-18-13(16)17/h11-12H,3-10H2,1-2H3. The fraction of sp³-hybridized carbons (Fsp3) is 0.929. The van der Waals surface area contributed by atoms with E-state index in [1.54, 1.807) is 0 Å². The van der Waals surface area contributed by atoms with Gasteiger partial charge in [0.05, 0.1) is 6.04 Å². The molecule has 0 N–H and O–H groups in total. The molecule has 3 saturated heterocycles. The summed E-state index contributed by atoms with van der Waals surface area (Å²) < 4.78 is 5.14. The molecule has 3 fully saturated rings. The SMILES string of the molecule is CC1(C)CCN(C2CCN3C(=O)OCC3C2)CC1. The molecule has 4 nitrogen and oxygen atoms in total. The van der Waals surface area contributed by atoms with Crippen molar-refractivity contribution in [2.75, 3.05) is 26.2 Å². The van der Waals surface area contributed by atoms with Gasteiger partial charge in [-0.2, -0.15) is 0 Å². The summed E-state index contributed by atoms with van der Waals surface area (Å²) in [4.78, 5) is 16.0. The van der Waals surface area contributed by atoms with Crippen molar-refractivity contribution >= 4 is 6.09 Å². The van der Waals surface area contributed by atoms with Crippen LogP contribution in [-0.2, 0) is 4.74 Å². The van der Waals surface area contributed by atoms with Crippen LogP contribution in [0, 0.1) is 5.41 Å². The van der Waals surface area contributed by atoms with Gasteiger partial charge >= 0.3 is 6.09 Å². The Bertz CT molecular complexity index is 333. The molecule has 18 heavy (non-hydrogen) atoms. The van der Waals surface area contributed by atoms with Crippen LogP contribution in [0.3, 0.4) is 0 Å². The number of nitrogens with zero attached hydrogens (tertiary/aromatic N) is 2. The number of fused-ring (bicyclic) bond motifs is 1. The minimum absolute atomic E-state index is 0.0989. The van der Waals surface area contributed by atoms with Crippen LogP contribution >= 0.6 is 0 Å². The van der Waals surface area contributed by atoms with Gasteiger partial charge in [0.25, 0.3) is 0 Å². The third kappa shape index (κ3) is 2.22. The normalized spacial score (nSPS) is 36.3. The van der Waals surface area contributed by atoms with Crippen LogP contribution in [0.4, 0.5) is 4.79 Å². The average molecular weight is 252 g/mol. The third-order valence-electron chi connectivity index (χ3n) is 4.99. The molecule has 0 aromatic rings. The smallest absolute Gasteiger partial charge is 0.410 e. The Morgan fingerprint density at radius 3 is 2.61 bits per heavy atom. The first-order valence-corrected chi connectivity index (χ1v) is 7.23. The minimum atomic E-state index is -0.0989. The van der Waals surface area contributed by atoms with Crippen molar-refractivity contribution in [1.29, 1.82) is 0 Å². The van der Waals surface area contributed by atoms with Crippen LogP contribution in [-0.4, -0.2) is 54.2 Å². The monoisotopic (exact) mass is 252 g/mol. The van der Waals surface area contributed by atoms with E-state index in [4.69, 9.17) is 4.74 Å². The molecule has 3 aliphatic rings. The summed E-state index contributed by atoms with van der Waals surface area (Å²) in [6.45, 7) is 8.67. The molecule has 0 aromatic heterocycles. The number of carbonyl (C=O) groups is 1. The van der Waals surface area contributed by atoms with Gasteiger partial charge in [0.15, 0.2) is 0 Å². The summed E-state index contributed by atoms with van der Waals surface area (Å²) >= 11 is 0. The number of likely N-dealkylation sites (tertiary alicyclic amines) is 1. The third-order valence-corrected chi connectivity index (χ3v) is 4.99. The van der Waals surface area contributed by atoms with E-state index in [0.29, 0.717) is 24.1 Å². The second kappa shape index (κ2) is 4.41. The summed E-state index contributed by atoms with van der Waals surface area (Å²) in [5, 5.41) is 0. The van der Waals surface area contributed by atoms with Crippen LogP contribution in [0.25, 0.3) is 0 Å². The maximum atomic E-state index is 11.5. The van der Waals surface area contributed by atoms with Crippen molar-refractivity contribution in [2.45, 2.75) is 51.6 Å². The lowest BCUT2D eigenvalue weighted by Gasteiger charge is -2.44. The van der Waals surface area contributed by atoms with Crippen molar-refractivity contribution in [3.63, 3.8) is 0 Å². The summed E-state index contributed by atoms with van der Waals surface area (Å²) in [5.41, 5.74) is 0.517. The Balaban J connectivity index is 1.57. The zero-order valence-electron chi connectivity index (χ0n) is 11.5. The molecule has 0 radical (unpaired) electrons. The molecule has 102 valence electrons. The molecule has 4 heteroatoms. The van der Waals surface area contributed by atoms with Gasteiger partial charge < -0.3 is 14.5 Å². The maximum Gasteiger partial charge on any atom is 0.410 e. The second-order valence-electron chi connectivity index (χ2n) is 6.80. The lowest BCUT2D eigenvalue weighted by Crippen LogP contribution is -2.51. The summed E-state index contributed by atoms with van der Waals surface area (Å²) in [7, 11) is 0. The first-order chi connectivity index (χ1) is 8.55. The maximum absolute atomic E-state index is 11.5. The van der Waals surface area contributed by atoms with E-state index in [1.807, 2.05) is 4.90 Å². The van der Waals surface area contributed by atoms with E-state index < -0.39 is 0 Å². The first kappa shape index (κ1) is 12.3. The van der Waals surface area contributed by atoms with Crippen molar-refractivity contribution < 1.29 is 9.53 Å². The summed E-state index contributed by atoms with van der Waals surface area (Å²) in [6, 6.07) is 1.00. The van der Waals surface area contributed by atoms with Crippen LogP contribution in [0.15, 0.2) is 0 Å². The number of rotatable bonds is 1. The van der Waals surface area contributed by atoms with Gasteiger partial charge in [-0.25, -0.2) is 4.79 Å². The minimum Gasteiger partial charge on any atom is -0.447 e. The van der Waals surface area contributed by atoms with Gasteiger partial charge in [0, 0.05) is 12.6 Å². The van der Waals surface area contributed by atoms with Gasteiger partial charge in [-0.3, -0.25) is 0 Å². The Labute approximate surface area is 109 Å². The van der Waals surface area contributed by atoms with Gasteiger partial charge in [0.2, 0.25) is 0 Å². The van der Waals surface area contributed by atoms with Gasteiger partial charge in [-0.15, -0.1) is 0 Å². The van der Waals surface area contributed by atoms with E-state index in [1.165, 1.54) is 25.9 Å². The largest absolute Gasteiger partial charge is 0.447 e. The topological polar surface area (TPSA) is 32.8 Å². The Kier molecular flexibility index (Phi) is 3.00. The van der Waals surface area contributed by atoms with Crippen molar-refractivity contribution in [3.8, 4) is 0 Å². The number of amides is 1. The number of cyclic esters (lactones) is 1. The van der Waals surface area contributed by atoms with Crippen LogP contribution in [0.2, 0.25) is 0 Å². The molecule has 3 heterocycles. The zero-order valence-corrected chi connectivity index (χ0v) is 11.5. The van der Waals surface area contributed by atoms with Crippen molar-refractivity contribution in [3.05, 3.63) is 0 Å². The highest BCUT2D eigenvalue weighted by Crippen LogP contribution is 2.34.